The normalized spacial score (nSPS) is 9.13. The predicted molar refractivity (Wildman–Crippen MR) is 53.2 cm³/mol. The largest absolute Gasteiger partial charge is 0.497 e. The van der Waals surface area contributed by atoms with Crippen molar-refractivity contribution in [3.05, 3.63) is 29.8 Å². The highest BCUT2D eigenvalue weighted by Crippen LogP contribution is 2.11. The van der Waals surface area contributed by atoms with Gasteiger partial charge in [-0.05, 0) is 18.2 Å². The number of rotatable bonds is 2. The minimum Gasteiger partial charge on any atom is -0.497 e. The van der Waals surface area contributed by atoms with Crippen molar-refractivity contribution in [1.82, 2.24) is 10.9 Å². The fourth-order valence-corrected chi connectivity index (χ4v) is 0.955. The van der Waals surface area contributed by atoms with Crippen LogP contribution in [-0.2, 0) is 0 Å². The van der Waals surface area contributed by atoms with E-state index in [0.717, 1.165) is 0 Å². The number of ether oxygens (including phenoxy) is 1. The second-order valence-corrected chi connectivity index (χ2v) is 2.68. The van der Waals surface area contributed by atoms with Crippen LogP contribution in [0.25, 0.3) is 0 Å². The van der Waals surface area contributed by atoms with E-state index in [1.54, 1.807) is 18.2 Å². The third-order valence-corrected chi connectivity index (χ3v) is 1.63. The Morgan fingerprint density at radius 2 is 2.07 bits per heavy atom. The van der Waals surface area contributed by atoms with E-state index >= 15 is 0 Å². The van der Waals surface area contributed by atoms with Crippen LogP contribution in [0.5, 0.6) is 5.75 Å². The Labute approximate surface area is 86.4 Å². The topological polar surface area (TPSA) is 93.4 Å². The molecule has 3 amide bonds. The van der Waals surface area contributed by atoms with E-state index in [1.165, 1.54) is 13.2 Å². The van der Waals surface area contributed by atoms with Gasteiger partial charge in [-0.15, -0.1) is 0 Å². The SMILES string of the molecule is COc1cccc(C(=O)NNC(N)=O)c1. The first-order valence-corrected chi connectivity index (χ1v) is 4.13. The first-order valence-electron chi connectivity index (χ1n) is 4.13. The number of primary amides is 1. The summed E-state index contributed by atoms with van der Waals surface area (Å²) in [6, 6.07) is 5.67. The molecule has 0 radical (unpaired) electrons. The molecule has 1 aromatic carbocycles. The van der Waals surface area contributed by atoms with Gasteiger partial charge >= 0.3 is 6.03 Å². The van der Waals surface area contributed by atoms with Gasteiger partial charge in [0.15, 0.2) is 0 Å². The number of carbonyl (C=O) groups excluding carboxylic acids is 2. The number of hydrogen-bond donors (Lipinski definition) is 3. The molecule has 15 heavy (non-hydrogen) atoms. The maximum atomic E-state index is 11.4. The molecule has 0 atom stereocenters. The van der Waals surface area contributed by atoms with E-state index in [4.69, 9.17) is 10.5 Å². The van der Waals surface area contributed by atoms with Crippen LogP contribution < -0.4 is 21.3 Å². The van der Waals surface area contributed by atoms with Gasteiger partial charge in [0.05, 0.1) is 7.11 Å². The number of hydrogen-bond acceptors (Lipinski definition) is 3. The van der Waals surface area contributed by atoms with Crippen LogP contribution in [0.2, 0.25) is 0 Å². The lowest BCUT2D eigenvalue weighted by Gasteiger charge is -2.05. The average molecular weight is 209 g/mol. The summed E-state index contributed by atoms with van der Waals surface area (Å²) < 4.78 is 4.94. The van der Waals surface area contributed by atoms with Crippen molar-refractivity contribution in [3.63, 3.8) is 0 Å². The summed E-state index contributed by atoms with van der Waals surface area (Å²) in [4.78, 5) is 21.7. The summed E-state index contributed by atoms with van der Waals surface area (Å²) >= 11 is 0. The Bertz CT molecular complexity index is 379. The summed E-state index contributed by atoms with van der Waals surface area (Å²) in [5.41, 5.74) is 9.26. The van der Waals surface area contributed by atoms with Gasteiger partial charge in [0.1, 0.15) is 5.75 Å². The fourth-order valence-electron chi connectivity index (χ4n) is 0.955. The minimum absolute atomic E-state index is 0.364. The van der Waals surface area contributed by atoms with Crippen molar-refractivity contribution < 1.29 is 14.3 Å². The van der Waals surface area contributed by atoms with Crippen molar-refractivity contribution in [2.75, 3.05) is 7.11 Å². The molecule has 0 fully saturated rings. The summed E-state index contributed by atoms with van der Waals surface area (Å²) in [5, 5.41) is 0. The second kappa shape index (κ2) is 4.85. The lowest BCUT2D eigenvalue weighted by atomic mass is 10.2. The molecule has 6 nitrogen and oxygen atoms in total. The van der Waals surface area contributed by atoms with E-state index in [-0.39, 0.29) is 0 Å². The number of carbonyl (C=O) groups is 2. The molecule has 1 rings (SSSR count). The maximum Gasteiger partial charge on any atom is 0.330 e. The molecule has 0 bridgehead atoms. The van der Waals surface area contributed by atoms with Crippen molar-refractivity contribution in [3.8, 4) is 5.75 Å². The van der Waals surface area contributed by atoms with Crippen LogP contribution in [0.4, 0.5) is 4.79 Å². The van der Waals surface area contributed by atoms with E-state index in [0.29, 0.717) is 11.3 Å². The number of nitrogens with two attached hydrogens (primary N) is 1. The summed E-state index contributed by atoms with van der Waals surface area (Å²) in [5.74, 6) is 0.0921. The molecule has 0 aliphatic carbocycles. The number of amides is 3. The monoisotopic (exact) mass is 209 g/mol. The molecule has 0 spiro atoms. The zero-order valence-corrected chi connectivity index (χ0v) is 8.11. The van der Waals surface area contributed by atoms with Crippen LogP contribution in [-0.4, -0.2) is 19.0 Å². The molecule has 0 unspecified atom stereocenters. The van der Waals surface area contributed by atoms with Crippen molar-refractivity contribution in [2.24, 2.45) is 5.73 Å². The molecule has 0 saturated carbocycles. The van der Waals surface area contributed by atoms with E-state index in [2.05, 4.69) is 5.43 Å². The Morgan fingerprint density at radius 3 is 2.67 bits per heavy atom. The minimum atomic E-state index is -0.828. The lowest BCUT2D eigenvalue weighted by Crippen LogP contribution is -2.44. The number of urea groups is 1. The predicted octanol–water partition coefficient (Wildman–Crippen LogP) is 0.00830. The van der Waals surface area contributed by atoms with Gasteiger partial charge in [-0.1, -0.05) is 6.07 Å². The third kappa shape index (κ3) is 3.18. The first-order chi connectivity index (χ1) is 7.13. The third-order valence-electron chi connectivity index (χ3n) is 1.63. The van der Waals surface area contributed by atoms with Gasteiger partial charge in [-0.25, -0.2) is 10.2 Å². The van der Waals surface area contributed by atoms with Crippen LogP contribution in [0, 0.1) is 0 Å². The van der Waals surface area contributed by atoms with Crippen molar-refractivity contribution >= 4 is 11.9 Å². The highest BCUT2D eigenvalue weighted by Gasteiger charge is 2.06. The van der Waals surface area contributed by atoms with E-state index in [9.17, 15) is 9.59 Å². The number of hydrazine groups is 1. The molecule has 0 aliphatic rings. The number of nitrogens with one attached hydrogen (secondary N) is 2. The van der Waals surface area contributed by atoms with Crippen molar-refractivity contribution in [2.45, 2.75) is 0 Å². The lowest BCUT2D eigenvalue weighted by molar-refractivity contribution is 0.0937. The molecule has 80 valence electrons. The fraction of sp³-hybridized carbons (Fsp3) is 0.111. The van der Waals surface area contributed by atoms with Gasteiger partial charge in [-0.3, -0.25) is 10.2 Å². The van der Waals surface area contributed by atoms with Crippen LogP contribution in [0.15, 0.2) is 24.3 Å². The van der Waals surface area contributed by atoms with E-state index < -0.39 is 11.9 Å². The Balaban J connectivity index is 2.69. The average Bonchev–Trinajstić information content (AvgIpc) is 2.26. The quantitative estimate of drug-likeness (QED) is 0.599. The number of benzene rings is 1. The van der Waals surface area contributed by atoms with Gasteiger partial charge in [0.2, 0.25) is 0 Å². The van der Waals surface area contributed by atoms with Gasteiger partial charge in [-0.2, -0.15) is 0 Å². The van der Waals surface area contributed by atoms with Gasteiger partial charge < -0.3 is 10.5 Å². The van der Waals surface area contributed by atoms with E-state index in [1.807, 2.05) is 5.43 Å². The molecular weight excluding hydrogens is 198 g/mol. The molecule has 4 N–H and O–H groups in total. The Morgan fingerprint density at radius 1 is 1.33 bits per heavy atom. The molecule has 6 heteroatoms. The molecule has 1 aromatic rings. The highest BCUT2D eigenvalue weighted by atomic mass is 16.5. The summed E-state index contributed by atoms with van der Waals surface area (Å²) in [6.07, 6.45) is 0. The maximum absolute atomic E-state index is 11.4. The standard InChI is InChI=1S/C9H11N3O3/c1-15-7-4-2-3-6(5-7)8(13)11-12-9(10)14/h2-5H,1H3,(H,11,13)(H3,10,12,14). The Kier molecular flexibility index (Phi) is 3.50. The molecule has 0 aliphatic heterocycles. The highest BCUT2D eigenvalue weighted by molar-refractivity contribution is 5.95. The molecule has 0 heterocycles. The van der Waals surface area contributed by atoms with Crippen LogP contribution >= 0.6 is 0 Å². The summed E-state index contributed by atoms with van der Waals surface area (Å²) in [6.45, 7) is 0. The Hall–Kier alpha value is -2.24. The van der Waals surface area contributed by atoms with Gasteiger partial charge in [0, 0.05) is 5.56 Å². The zero-order valence-electron chi connectivity index (χ0n) is 8.11. The second-order valence-electron chi connectivity index (χ2n) is 2.68. The summed E-state index contributed by atoms with van der Waals surface area (Å²) in [7, 11) is 1.50. The molecule has 0 saturated heterocycles. The van der Waals surface area contributed by atoms with Crippen molar-refractivity contribution in [1.29, 1.82) is 0 Å². The smallest absolute Gasteiger partial charge is 0.330 e. The molecule has 0 aromatic heterocycles. The van der Waals surface area contributed by atoms with Gasteiger partial charge in [0.25, 0.3) is 5.91 Å². The zero-order chi connectivity index (χ0) is 11.3. The number of methoxy groups -OCH3 is 1. The first kappa shape index (κ1) is 10.8. The van der Waals surface area contributed by atoms with Crippen LogP contribution in [0.1, 0.15) is 10.4 Å². The van der Waals surface area contributed by atoms with Crippen LogP contribution in [0.3, 0.4) is 0 Å². The molecular formula is C9H11N3O3.